The second kappa shape index (κ2) is 10.7. The maximum absolute atomic E-state index is 12.7. The van der Waals surface area contributed by atoms with E-state index in [-0.39, 0.29) is 18.4 Å². The number of alkyl halides is 3. The van der Waals surface area contributed by atoms with Gasteiger partial charge in [0.05, 0.1) is 23.7 Å². The lowest BCUT2D eigenvalue weighted by molar-refractivity contribution is -0.137. The van der Waals surface area contributed by atoms with Crippen molar-refractivity contribution in [2.24, 2.45) is 0 Å². The summed E-state index contributed by atoms with van der Waals surface area (Å²) in [5, 5.41) is 11.0. The molecule has 0 bridgehead atoms. The normalized spacial score (nSPS) is 15.9. The van der Waals surface area contributed by atoms with E-state index in [4.69, 9.17) is 4.74 Å². The molecule has 1 N–H and O–H groups in total. The van der Waals surface area contributed by atoms with Crippen molar-refractivity contribution in [3.63, 3.8) is 0 Å². The number of hydrogen-bond donors (Lipinski definition) is 1. The maximum atomic E-state index is 12.7. The number of ether oxygens (including phenoxy) is 1. The number of halogens is 3. The van der Waals surface area contributed by atoms with Gasteiger partial charge in [-0.25, -0.2) is 0 Å². The fourth-order valence-corrected chi connectivity index (χ4v) is 4.08. The number of carbonyl (C=O) groups excluding carboxylic acids is 1. The molecule has 1 heterocycles. The first kappa shape index (κ1) is 25.9. The molecule has 1 fully saturated rings. The molecule has 1 aliphatic heterocycles. The van der Waals surface area contributed by atoms with Crippen molar-refractivity contribution in [1.29, 1.82) is 0 Å². The van der Waals surface area contributed by atoms with Crippen molar-refractivity contribution in [3.05, 3.63) is 59.7 Å². The van der Waals surface area contributed by atoms with Crippen molar-refractivity contribution in [2.75, 3.05) is 31.6 Å². The van der Waals surface area contributed by atoms with Crippen LogP contribution in [0.5, 0.6) is 5.75 Å². The van der Waals surface area contributed by atoms with Gasteiger partial charge < -0.3 is 19.6 Å². The van der Waals surface area contributed by atoms with Crippen LogP contribution in [0, 0.1) is 0 Å². The van der Waals surface area contributed by atoms with Gasteiger partial charge in [0.1, 0.15) is 5.75 Å². The van der Waals surface area contributed by atoms with Crippen molar-refractivity contribution in [2.45, 2.75) is 57.4 Å². The number of nitrogens with zero attached hydrogens (tertiary/aromatic N) is 2. The van der Waals surface area contributed by atoms with Crippen molar-refractivity contribution >= 4 is 11.6 Å². The van der Waals surface area contributed by atoms with Gasteiger partial charge in [0.2, 0.25) is 5.91 Å². The molecule has 8 heteroatoms. The summed E-state index contributed by atoms with van der Waals surface area (Å²) in [6, 6.07) is 12.5. The first-order valence-electron chi connectivity index (χ1n) is 11.6. The van der Waals surface area contributed by atoms with E-state index < -0.39 is 17.3 Å². The van der Waals surface area contributed by atoms with Crippen molar-refractivity contribution < 1.29 is 27.8 Å². The zero-order chi connectivity index (χ0) is 24.9. The van der Waals surface area contributed by atoms with E-state index in [0.717, 1.165) is 23.6 Å². The summed E-state index contributed by atoms with van der Waals surface area (Å²) in [5.41, 5.74) is 0.00534. The molecule has 2 aromatic carbocycles. The molecule has 5 nitrogen and oxygen atoms in total. The predicted molar refractivity (Wildman–Crippen MR) is 126 cm³/mol. The lowest BCUT2D eigenvalue weighted by Crippen LogP contribution is -2.48. The summed E-state index contributed by atoms with van der Waals surface area (Å²) < 4.78 is 43.8. The molecular formula is C26H33F3N2O3. The summed E-state index contributed by atoms with van der Waals surface area (Å²) in [4.78, 5) is 16.4. The molecule has 0 spiro atoms. The van der Waals surface area contributed by atoms with Gasteiger partial charge in [-0.05, 0) is 75.1 Å². The summed E-state index contributed by atoms with van der Waals surface area (Å²) >= 11 is 0. The molecule has 0 saturated carbocycles. The highest BCUT2D eigenvalue weighted by Crippen LogP contribution is 2.30. The van der Waals surface area contributed by atoms with E-state index in [2.05, 4.69) is 4.90 Å². The van der Waals surface area contributed by atoms with Gasteiger partial charge in [0, 0.05) is 32.4 Å². The monoisotopic (exact) mass is 478 g/mol. The first-order chi connectivity index (χ1) is 15.9. The molecule has 1 amide bonds. The number of likely N-dealkylation sites (tertiary alicyclic amines) is 1. The van der Waals surface area contributed by atoms with Gasteiger partial charge in [0.25, 0.3) is 0 Å². The number of amides is 1. The van der Waals surface area contributed by atoms with Crippen LogP contribution in [0.3, 0.4) is 0 Å². The number of anilines is 1. The third-order valence-electron chi connectivity index (χ3n) is 6.25. The number of carbonyl (C=O) groups is 1. The van der Waals surface area contributed by atoms with E-state index in [1.807, 2.05) is 45.2 Å². The average Bonchev–Trinajstić information content (AvgIpc) is 2.78. The zero-order valence-corrected chi connectivity index (χ0v) is 19.9. The zero-order valence-electron chi connectivity index (χ0n) is 19.9. The Bertz CT molecular complexity index is 935. The number of rotatable bonds is 8. The Hall–Kier alpha value is -2.74. The fraction of sp³-hybridized carbons (Fsp3) is 0.500. The summed E-state index contributed by atoms with van der Waals surface area (Å²) in [7, 11) is 1.98. The number of hydrogen-bond acceptors (Lipinski definition) is 4. The highest BCUT2D eigenvalue weighted by atomic mass is 19.4. The van der Waals surface area contributed by atoms with Gasteiger partial charge in [-0.3, -0.25) is 4.79 Å². The quantitative estimate of drug-likeness (QED) is 0.586. The van der Waals surface area contributed by atoms with Crippen LogP contribution in [0.15, 0.2) is 48.5 Å². The molecule has 1 saturated heterocycles. The highest BCUT2D eigenvalue weighted by Gasteiger charge is 2.34. The van der Waals surface area contributed by atoms with E-state index in [0.29, 0.717) is 44.5 Å². The summed E-state index contributed by atoms with van der Waals surface area (Å²) in [6.45, 7) is 5.49. The van der Waals surface area contributed by atoms with Crippen LogP contribution in [0.25, 0.3) is 0 Å². The Morgan fingerprint density at radius 3 is 2.21 bits per heavy atom. The number of aliphatic hydroxyl groups is 1. The number of benzene rings is 2. The Balaban J connectivity index is 1.46. The SMILES string of the molecule is CC(C)Oc1ccc(N(C)CCC2(O)CCN(C(=O)Cc3ccc(C(F)(F)F)cc3)CC2)cc1. The smallest absolute Gasteiger partial charge is 0.416 e. The van der Waals surface area contributed by atoms with Gasteiger partial charge in [-0.15, -0.1) is 0 Å². The first-order valence-corrected chi connectivity index (χ1v) is 11.6. The van der Waals surface area contributed by atoms with Crippen LogP contribution in [0.4, 0.5) is 18.9 Å². The lowest BCUT2D eigenvalue weighted by atomic mass is 9.87. The second-order valence-electron chi connectivity index (χ2n) is 9.31. The topological polar surface area (TPSA) is 53.0 Å². The molecule has 1 aliphatic rings. The largest absolute Gasteiger partial charge is 0.491 e. The van der Waals surface area contributed by atoms with E-state index in [1.54, 1.807) is 4.90 Å². The van der Waals surface area contributed by atoms with Gasteiger partial charge in [-0.2, -0.15) is 13.2 Å². The lowest BCUT2D eigenvalue weighted by Gasteiger charge is -2.39. The van der Waals surface area contributed by atoms with Crippen LogP contribution >= 0.6 is 0 Å². The Morgan fingerprint density at radius 2 is 1.68 bits per heavy atom. The van der Waals surface area contributed by atoms with E-state index >= 15 is 0 Å². The number of piperidine rings is 1. The molecule has 0 aliphatic carbocycles. The highest BCUT2D eigenvalue weighted by molar-refractivity contribution is 5.78. The Kier molecular flexibility index (Phi) is 8.13. The van der Waals surface area contributed by atoms with Crippen molar-refractivity contribution in [1.82, 2.24) is 4.90 Å². The minimum Gasteiger partial charge on any atom is -0.491 e. The Morgan fingerprint density at radius 1 is 1.09 bits per heavy atom. The summed E-state index contributed by atoms with van der Waals surface area (Å²) in [6.07, 6.45) is -2.70. The molecule has 2 aromatic rings. The molecular weight excluding hydrogens is 445 g/mol. The summed E-state index contributed by atoms with van der Waals surface area (Å²) in [5.74, 6) is 0.682. The fourth-order valence-electron chi connectivity index (χ4n) is 4.08. The standard InChI is InChI=1S/C26H33F3N2O3/c1-19(2)34-23-10-8-22(9-11-23)30(3)15-12-25(33)13-16-31(17-14-25)24(32)18-20-4-6-21(7-5-20)26(27,28)29/h4-11,19,33H,12-18H2,1-3H3. The van der Waals surface area contributed by atoms with Crippen molar-refractivity contribution in [3.8, 4) is 5.75 Å². The van der Waals surface area contributed by atoms with Crippen LogP contribution in [0.1, 0.15) is 44.2 Å². The van der Waals surface area contributed by atoms with Gasteiger partial charge in [0.15, 0.2) is 0 Å². The molecule has 186 valence electrons. The Labute approximate surface area is 199 Å². The van der Waals surface area contributed by atoms with Crippen LogP contribution in [-0.4, -0.2) is 54.3 Å². The molecule has 3 rings (SSSR count). The van der Waals surface area contributed by atoms with Crippen LogP contribution in [0.2, 0.25) is 0 Å². The molecule has 34 heavy (non-hydrogen) atoms. The van der Waals surface area contributed by atoms with E-state index in [9.17, 15) is 23.1 Å². The van der Waals surface area contributed by atoms with Gasteiger partial charge >= 0.3 is 6.18 Å². The third-order valence-corrected chi connectivity index (χ3v) is 6.25. The van der Waals surface area contributed by atoms with E-state index in [1.165, 1.54) is 12.1 Å². The minimum absolute atomic E-state index is 0.0514. The predicted octanol–water partition coefficient (Wildman–Crippen LogP) is 4.92. The molecule has 0 unspecified atom stereocenters. The van der Waals surface area contributed by atoms with Crippen LogP contribution in [-0.2, 0) is 17.4 Å². The van der Waals surface area contributed by atoms with Crippen LogP contribution < -0.4 is 9.64 Å². The average molecular weight is 479 g/mol. The molecule has 0 radical (unpaired) electrons. The third kappa shape index (κ3) is 7.13. The second-order valence-corrected chi connectivity index (χ2v) is 9.31. The maximum Gasteiger partial charge on any atom is 0.416 e. The van der Waals surface area contributed by atoms with Gasteiger partial charge in [-0.1, -0.05) is 12.1 Å². The minimum atomic E-state index is -4.39. The molecule has 0 atom stereocenters. The molecule has 0 aromatic heterocycles.